The molecule has 4 atom stereocenters. The highest BCUT2D eigenvalue weighted by atomic mass is 15.3. The summed E-state index contributed by atoms with van der Waals surface area (Å²) < 4.78 is 0. The van der Waals surface area contributed by atoms with Crippen molar-refractivity contribution in [2.75, 3.05) is 13.1 Å². The second-order valence-corrected chi connectivity index (χ2v) is 4.28. The van der Waals surface area contributed by atoms with Crippen molar-refractivity contribution in [1.29, 1.82) is 0 Å². The van der Waals surface area contributed by atoms with Crippen molar-refractivity contribution in [2.45, 2.75) is 51.1 Å². The van der Waals surface area contributed by atoms with Crippen molar-refractivity contribution in [3.8, 4) is 0 Å². The Hall–Kier alpha value is -0.160. The van der Waals surface area contributed by atoms with E-state index in [0.717, 1.165) is 25.9 Å². The summed E-state index contributed by atoms with van der Waals surface area (Å²) in [5, 5.41) is 14.2. The summed E-state index contributed by atoms with van der Waals surface area (Å²) in [6.45, 7) is 6.61. The first-order chi connectivity index (χ1) is 6.83. The molecule has 0 aromatic heterocycles. The Morgan fingerprint density at radius 2 is 1.29 bits per heavy atom. The molecule has 0 aromatic rings. The third-order valence-corrected chi connectivity index (χ3v) is 3.30. The number of nitrogens with one attached hydrogen (secondary N) is 4. The monoisotopic (exact) mass is 198 g/mol. The topological polar surface area (TPSA) is 48.1 Å². The second-order valence-electron chi connectivity index (χ2n) is 4.28. The van der Waals surface area contributed by atoms with Gasteiger partial charge in [0.1, 0.15) is 0 Å². The Kier molecular flexibility index (Phi) is 3.38. The zero-order chi connectivity index (χ0) is 9.97. The van der Waals surface area contributed by atoms with Crippen LogP contribution in [0.15, 0.2) is 0 Å². The number of rotatable bonds is 2. The molecule has 0 bridgehead atoms. The van der Waals surface area contributed by atoms with Gasteiger partial charge in [0.25, 0.3) is 0 Å². The normalized spacial score (nSPS) is 43.3. The van der Waals surface area contributed by atoms with E-state index < -0.39 is 0 Å². The van der Waals surface area contributed by atoms with Crippen LogP contribution in [0.5, 0.6) is 0 Å². The minimum Gasteiger partial charge on any atom is -0.300 e. The molecule has 4 heteroatoms. The summed E-state index contributed by atoms with van der Waals surface area (Å²) in [6, 6.07) is 1.17. The average Bonchev–Trinajstić information content (AvgIpc) is 2.27. The molecule has 2 fully saturated rings. The van der Waals surface area contributed by atoms with Gasteiger partial charge in [-0.1, -0.05) is 13.8 Å². The molecule has 2 saturated heterocycles. The van der Waals surface area contributed by atoms with E-state index in [4.69, 9.17) is 0 Å². The van der Waals surface area contributed by atoms with Gasteiger partial charge in [-0.15, -0.1) is 0 Å². The van der Waals surface area contributed by atoms with Crippen molar-refractivity contribution in [3.63, 3.8) is 0 Å². The fraction of sp³-hybridized carbons (Fsp3) is 1.00. The fourth-order valence-electron chi connectivity index (χ4n) is 2.33. The van der Waals surface area contributed by atoms with E-state index in [2.05, 4.69) is 35.1 Å². The summed E-state index contributed by atoms with van der Waals surface area (Å²) in [5.41, 5.74) is 0. The van der Waals surface area contributed by atoms with Gasteiger partial charge in [-0.25, -0.2) is 0 Å². The lowest BCUT2D eigenvalue weighted by atomic mass is 10.0. The Balaban J connectivity index is 1.88. The maximum atomic E-state index is 3.61. The van der Waals surface area contributed by atoms with Crippen LogP contribution >= 0.6 is 0 Å². The lowest BCUT2D eigenvalue weighted by Gasteiger charge is -2.44. The number of hydrogen-bond acceptors (Lipinski definition) is 4. The SMILES string of the molecule is CC[C@@H]1NC[C@@H]2N[C@H](CC)NC[C@@H]2N1. The van der Waals surface area contributed by atoms with Gasteiger partial charge in [-0.3, -0.25) is 10.6 Å². The lowest BCUT2D eigenvalue weighted by molar-refractivity contribution is 0.168. The molecule has 0 aliphatic carbocycles. The molecular formula is C10H22N4. The molecule has 82 valence electrons. The average molecular weight is 198 g/mol. The van der Waals surface area contributed by atoms with Gasteiger partial charge in [-0.05, 0) is 12.8 Å². The van der Waals surface area contributed by atoms with Crippen molar-refractivity contribution in [3.05, 3.63) is 0 Å². The van der Waals surface area contributed by atoms with Crippen LogP contribution in [0.4, 0.5) is 0 Å². The Bertz CT molecular complexity index is 165. The van der Waals surface area contributed by atoms with Crippen LogP contribution in [0.1, 0.15) is 26.7 Å². The van der Waals surface area contributed by atoms with Crippen molar-refractivity contribution in [1.82, 2.24) is 21.3 Å². The third-order valence-electron chi connectivity index (χ3n) is 3.30. The molecule has 2 aliphatic heterocycles. The van der Waals surface area contributed by atoms with Gasteiger partial charge >= 0.3 is 0 Å². The Labute approximate surface area is 86.2 Å². The summed E-state index contributed by atoms with van der Waals surface area (Å²) in [5.74, 6) is 0. The maximum Gasteiger partial charge on any atom is 0.0572 e. The molecule has 0 aromatic carbocycles. The van der Waals surface area contributed by atoms with Gasteiger partial charge in [0, 0.05) is 25.2 Å². The quantitative estimate of drug-likeness (QED) is 0.487. The number of hydrogen-bond donors (Lipinski definition) is 4. The van der Waals surface area contributed by atoms with Gasteiger partial charge in [0.05, 0.1) is 12.3 Å². The van der Waals surface area contributed by atoms with E-state index in [-0.39, 0.29) is 0 Å². The first-order valence-corrected chi connectivity index (χ1v) is 5.82. The molecule has 0 saturated carbocycles. The number of fused-ring (bicyclic) bond motifs is 1. The van der Waals surface area contributed by atoms with Crippen molar-refractivity contribution < 1.29 is 0 Å². The molecule has 0 spiro atoms. The Morgan fingerprint density at radius 3 is 1.64 bits per heavy atom. The van der Waals surface area contributed by atoms with Crippen LogP contribution in [0.3, 0.4) is 0 Å². The van der Waals surface area contributed by atoms with E-state index in [1.165, 1.54) is 0 Å². The van der Waals surface area contributed by atoms with Crippen LogP contribution in [0, 0.1) is 0 Å². The molecule has 2 rings (SSSR count). The summed E-state index contributed by atoms with van der Waals surface area (Å²) in [6.07, 6.45) is 3.30. The molecule has 0 amide bonds. The summed E-state index contributed by atoms with van der Waals surface area (Å²) in [4.78, 5) is 0. The van der Waals surface area contributed by atoms with Crippen LogP contribution in [0.25, 0.3) is 0 Å². The zero-order valence-electron chi connectivity index (χ0n) is 9.14. The van der Waals surface area contributed by atoms with Crippen LogP contribution in [0.2, 0.25) is 0 Å². The minimum absolute atomic E-state index is 0.498. The van der Waals surface area contributed by atoms with Gasteiger partial charge in [-0.2, -0.15) is 0 Å². The highest BCUT2D eigenvalue weighted by molar-refractivity contribution is 4.96. The maximum absolute atomic E-state index is 3.61. The van der Waals surface area contributed by atoms with Crippen molar-refractivity contribution in [2.24, 2.45) is 0 Å². The molecule has 4 N–H and O–H groups in total. The largest absolute Gasteiger partial charge is 0.300 e. The second kappa shape index (κ2) is 4.57. The van der Waals surface area contributed by atoms with Crippen LogP contribution < -0.4 is 21.3 Å². The van der Waals surface area contributed by atoms with Gasteiger partial charge in [0.2, 0.25) is 0 Å². The van der Waals surface area contributed by atoms with Crippen LogP contribution in [-0.2, 0) is 0 Å². The first kappa shape index (κ1) is 10.4. The predicted molar refractivity (Wildman–Crippen MR) is 58.0 cm³/mol. The molecule has 0 unspecified atom stereocenters. The highest BCUT2D eigenvalue weighted by Crippen LogP contribution is 2.08. The van der Waals surface area contributed by atoms with E-state index >= 15 is 0 Å². The fourth-order valence-corrected chi connectivity index (χ4v) is 2.33. The standard InChI is InChI=1S/C10H22N4/c1-3-9-11-5-8-7(13-9)6-12-10(4-2)14-8/h7-14H,3-6H2,1-2H3/t7-,8-,9+,10+/m0/s1. The zero-order valence-corrected chi connectivity index (χ0v) is 9.14. The van der Waals surface area contributed by atoms with Crippen molar-refractivity contribution >= 4 is 0 Å². The first-order valence-electron chi connectivity index (χ1n) is 5.82. The van der Waals surface area contributed by atoms with E-state index in [1.807, 2.05) is 0 Å². The smallest absolute Gasteiger partial charge is 0.0572 e. The van der Waals surface area contributed by atoms with E-state index in [9.17, 15) is 0 Å². The van der Waals surface area contributed by atoms with Gasteiger partial charge in [0.15, 0.2) is 0 Å². The molecule has 2 heterocycles. The molecular weight excluding hydrogens is 176 g/mol. The molecule has 14 heavy (non-hydrogen) atoms. The van der Waals surface area contributed by atoms with E-state index in [1.54, 1.807) is 0 Å². The summed E-state index contributed by atoms with van der Waals surface area (Å²) in [7, 11) is 0. The third kappa shape index (κ3) is 2.08. The van der Waals surface area contributed by atoms with E-state index in [0.29, 0.717) is 24.4 Å². The molecule has 2 aliphatic rings. The van der Waals surface area contributed by atoms with Gasteiger partial charge < -0.3 is 10.6 Å². The molecule has 0 radical (unpaired) electrons. The molecule has 4 nitrogen and oxygen atoms in total. The minimum atomic E-state index is 0.498. The lowest BCUT2D eigenvalue weighted by Crippen LogP contribution is -2.73. The predicted octanol–water partition coefficient (Wildman–Crippen LogP) is -0.419. The van der Waals surface area contributed by atoms with Crippen LogP contribution in [-0.4, -0.2) is 37.5 Å². The highest BCUT2D eigenvalue weighted by Gasteiger charge is 2.33. The Morgan fingerprint density at radius 1 is 0.857 bits per heavy atom. The summed E-state index contributed by atoms with van der Waals surface area (Å²) >= 11 is 0.